The van der Waals surface area contributed by atoms with E-state index in [4.69, 9.17) is 0 Å². The van der Waals surface area contributed by atoms with E-state index in [1.165, 1.54) is 0 Å². The summed E-state index contributed by atoms with van der Waals surface area (Å²) in [5.74, 6) is -0.211. The van der Waals surface area contributed by atoms with Gasteiger partial charge in [-0.2, -0.15) is 0 Å². The highest BCUT2D eigenvalue weighted by molar-refractivity contribution is 6.04. The molecule has 0 radical (unpaired) electrons. The number of amides is 1. The quantitative estimate of drug-likeness (QED) is 0.613. The lowest BCUT2D eigenvalue weighted by molar-refractivity contribution is 0.0612. The first-order chi connectivity index (χ1) is 12.7. The molecule has 26 heavy (non-hydrogen) atoms. The summed E-state index contributed by atoms with van der Waals surface area (Å²) in [7, 11) is 0. The molecule has 0 unspecified atom stereocenters. The molecule has 1 atom stereocenters. The lowest BCUT2D eigenvalue weighted by atomic mass is 10.0. The third-order valence-electron chi connectivity index (χ3n) is 4.38. The molecule has 1 amide bonds. The van der Waals surface area contributed by atoms with Crippen molar-refractivity contribution in [2.24, 2.45) is 0 Å². The zero-order valence-corrected chi connectivity index (χ0v) is 14.7. The van der Waals surface area contributed by atoms with Gasteiger partial charge in [-0.25, -0.2) is 0 Å². The largest absolute Gasteiger partial charge is 0.324 e. The third kappa shape index (κ3) is 4.06. The molecular weight excluding hydrogens is 322 g/mol. The Morgan fingerprint density at radius 1 is 0.731 bits per heavy atom. The van der Waals surface area contributed by atoms with Crippen LogP contribution in [-0.4, -0.2) is 22.6 Å². The van der Waals surface area contributed by atoms with Crippen LogP contribution in [0.1, 0.15) is 33.2 Å². The van der Waals surface area contributed by atoms with Gasteiger partial charge in [0, 0.05) is 17.7 Å². The van der Waals surface area contributed by atoms with Crippen LogP contribution >= 0.6 is 0 Å². The summed E-state index contributed by atoms with van der Waals surface area (Å²) in [6.45, 7) is 2.17. The van der Waals surface area contributed by atoms with E-state index < -0.39 is 6.04 Å². The van der Waals surface area contributed by atoms with E-state index in [0.29, 0.717) is 17.7 Å². The Morgan fingerprint density at radius 3 is 1.73 bits per heavy atom. The maximum absolute atomic E-state index is 13.1. The zero-order chi connectivity index (χ0) is 18.4. The standard InChI is InChI=1S/C23H21NO2/c1-18(22(25)20-13-7-3-8-14-20)24(17-19-11-5-2-6-12-19)23(26)21-15-9-4-10-16-21/h2-16,18H,17H2,1H3/t18-/m0/s1. The Balaban J connectivity index is 1.91. The number of carbonyl (C=O) groups is 2. The fourth-order valence-corrected chi connectivity index (χ4v) is 2.90. The second kappa shape index (κ2) is 8.26. The lowest BCUT2D eigenvalue weighted by Crippen LogP contribution is -2.42. The van der Waals surface area contributed by atoms with Gasteiger partial charge in [0.2, 0.25) is 0 Å². The maximum atomic E-state index is 13.1. The summed E-state index contributed by atoms with van der Waals surface area (Å²) in [5, 5.41) is 0. The topological polar surface area (TPSA) is 37.4 Å². The van der Waals surface area contributed by atoms with Crippen LogP contribution in [0.3, 0.4) is 0 Å². The van der Waals surface area contributed by atoms with Crippen molar-refractivity contribution in [3.8, 4) is 0 Å². The fraction of sp³-hybridized carbons (Fsp3) is 0.130. The first-order valence-corrected chi connectivity index (χ1v) is 8.66. The molecule has 0 aliphatic rings. The van der Waals surface area contributed by atoms with Crippen LogP contribution < -0.4 is 0 Å². The second-order valence-electron chi connectivity index (χ2n) is 6.19. The predicted molar refractivity (Wildman–Crippen MR) is 103 cm³/mol. The van der Waals surface area contributed by atoms with Crippen LogP contribution in [0.2, 0.25) is 0 Å². The molecule has 130 valence electrons. The predicted octanol–water partition coefficient (Wildman–Crippen LogP) is 4.60. The Kier molecular flexibility index (Phi) is 5.59. The van der Waals surface area contributed by atoms with Crippen molar-refractivity contribution in [3.63, 3.8) is 0 Å². The first kappa shape index (κ1) is 17.6. The maximum Gasteiger partial charge on any atom is 0.254 e. The normalized spacial score (nSPS) is 11.6. The Hall–Kier alpha value is -3.20. The van der Waals surface area contributed by atoms with Crippen molar-refractivity contribution in [1.29, 1.82) is 0 Å². The fourth-order valence-electron chi connectivity index (χ4n) is 2.90. The smallest absolute Gasteiger partial charge is 0.254 e. The van der Waals surface area contributed by atoms with Crippen molar-refractivity contribution in [3.05, 3.63) is 108 Å². The van der Waals surface area contributed by atoms with E-state index in [1.54, 1.807) is 36.1 Å². The van der Waals surface area contributed by atoms with E-state index in [1.807, 2.05) is 66.7 Å². The Labute approximate surface area is 153 Å². The highest BCUT2D eigenvalue weighted by Gasteiger charge is 2.27. The summed E-state index contributed by atoms with van der Waals surface area (Å²) < 4.78 is 0. The van der Waals surface area contributed by atoms with Crippen LogP contribution in [0.25, 0.3) is 0 Å². The summed E-state index contributed by atoms with van der Waals surface area (Å²) in [6, 6.07) is 27.4. The highest BCUT2D eigenvalue weighted by Crippen LogP contribution is 2.17. The van der Waals surface area contributed by atoms with E-state index in [9.17, 15) is 9.59 Å². The van der Waals surface area contributed by atoms with Crippen LogP contribution in [-0.2, 0) is 6.54 Å². The number of Topliss-reactive ketones (excluding diaryl/α,β-unsaturated/α-hetero) is 1. The lowest BCUT2D eigenvalue weighted by Gasteiger charge is -2.29. The van der Waals surface area contributed by atoms with Crippen LogP contribution in [0, 0.1) is 0 Å². The van der Waals surface area contributed by atoms with Gasteiger partial charge >= 0.3 is 0 Å². The van der Waals surface area contributed by atoms with Gasteiger partial charge in [0.05, 0.1) is 6.04 Å². The third-order valence-corrected chi connectivity index (χ3v) is 4.38. The molecule has 0 aliphatic heterocycles. The van der Waals surface area contributed by atoms with Crippen LogP contribution in [0.5, 0.6) is 0 Å². The van der Waals surface area contributed by atoms with Crippen molar-refractivity contribution in [1.82, 2.24) is 4.90 Å². The molecule has 3 aromatic rings. The van der Waals surface area contributed by atoms with Gasteiger partial charge in [0.1, 0.15) is 0 Å². The molecule has 0 heterocycles. The van der Waals surface area contributed by atoms with Crippen molar-refractivity contribution in [2.45, 2.75) is 19.5 Å². The zero-order valence-electron chi connectivity index (χ0n) is 14.7. The van der Waals surface area contributed by atoms with Gasteiger partial charge in [-0.1, -0.05) is 78.9 Å². The monoisotopic (exact) mass is 343 g/mol. The van der Waals surface area contributed by atoms with Gasteiger partial charge in [-0.15, -0.1) is 0 Å². The molecule has 0 aromatic heterocycles. The van der Waals surface area contributed by atoms with Gasteiger partial charge in [-0.05, 0) is 24.6 Å². The Morgan fingerprint density at radius 2 is 1.19 bits per heavy atom. The molecule has 0 N–H and O–H groups in total. The number of ketones is 1. The van der Waals surface area contributed by atoms with Crippen molar-refractivity contribution in [2.75, 3.05) is 0 Å². The average molecular weight is 343 g/mol. The molecule has 3 rings (SSSR count). The highest BCUT2D eigenvalue weighted by atomic mass is 16.2. The Bertz CT molecular complexity index is 860. The number of hydrogen-bond donors (Lipinski definition) is 0. The van der Waals surface area contributed by atoms with Crippen LogP contribution in [0.4, 0.5) is 0 Å². The first-order valence-electron chi connectivity index (χ1n) is 8.66. The number of carbonyl (C=O) groups excluding carboxylic acids is 2. The summed E-state index contributed by atoms with van der Waals surface area (Å²) >= 11 is 0. The SMILES string of the molecule is C[C@@H](C(=O)c1ccccc1)N(Cc1ccccc1)C(=O)c1ccccc1. The molecule has 0 fully saturated rings. The summed E-state index contributed by atoms with van der Waals surface area (Å²) in [6.07, 6.45) is 0. The summed E-state index contributed by atoms with van der Waals surface area (Å²) in [5.41, 5.74) is 2.18. The molecule has 0 saturated heterocycles. The minimum atomic E-state index is -0.565. The van der Waals surface area contributed by atoms with Gasteiger partial charge in [-0.3, -0.25) is 9.59 Å². The minimum absolute atomic E-state index is 0.0641. The number of nitrogens with zero attached hydrogens (tertiary/aromatic N) is 1. The average Bonchev–Trinajstić information content (AvgIpc) is 2.72. The molecule has 3 aromatic carbocycles. The molecular formula is C23H21NO2. The molecule has 3 heteroatoms. The number of rotatable bonds is 6. The number of benzene rings is 3. The van der Waals surface area contributed by atoms with Crippen LogP contribution in [0.15, 0.2) is 91.0 Å². The molecule has 0 spiro atoms. The van der Waals surface area contributed by atoms with E-state index in [0.717, 1.165) is 5.56 Å². The van der Waals surface area contributed by atoms with Gasteiger partial charge in [0.15, 0.2) is 5.78 Å². The second-order valence-corrected chi connectivity index (χ2v) is 6.19. The van der Waals surface area contributed by atoms with Gasteiger partial charge in [0.25, 0.3) is 5.91 Å². The minimum Gasteiger partial charge on any atom is -0.324 e. The van der Waals surface area contributed by atoms with Crippen molar-refractivity contribution >= 4 is 11.7 Å². The summed E-state index contributed by atoms with van der Waals surface area (Å²) in [4.78, 5) is 27.7. The number of hydrogen-bond acceptors (Lipinski definition) is 2. The van der Waals surface area contributed by atoms with E-state index >= 15 is 0 Å². The van der Waals surface area contributed by atoms with E-state index in [-0.39, 0.29) is 11.7 Å². The molecule has 0 saturated carbocycles. The van der Waals surface area contributed by atoms with E-state index in [2.05, 4.69) is 0 Å². The molecule has 0 bridgehead atoms. The van der Waals surface area contributed by atoms with Gasteiger partial charge < -0.3 is 4.90 Å². The van der Waals surface area contributed by atoms with Crippen molar-refractivity contribution < 1.29 is 9.59 Å². The molecule has 3 nitrogen and oxygen atoms in total. The molecule has 0 aliphatic carbocycles.